The van der Waals surface area contributed by atoms with E-state index in [1.807, 2.05) is 12.1 Å². The molecule has 0 saturated heterocycles. The van der Waals surface area contributed by atoms with Crippen LogP contribution in [0.1, 0.15) is 17.2 Å². The van der Waals surface area contributed by atoms with Crippen molar-refractivity contribution < 1.29 is 23.9 Å². The van der Waals surface area contributed by atoms with Crippen LogP contribution in [-0.2, 0) is 20.9 Å². The second kappa shape index (κ2) is 8.69. The molecule has 2 aliphatic rings. The van der Waals surface area contributed by atoms with Crippen molar-refractivity contribution in [2.75, 3.05) is 20.3 Å². The van der Waals surface area contributed by atoms with E-state index in [2.05, 4.69) is 10.6 Å². The molecule has 0 saturated carbocycles. The van der Waals surface area contributed by atoms with Crippen molar-refractivity contribution in [3.63, 3.8) is 0 Å². The molecule has 0 aromatic heterocycles. The third kappa shape index (κ3) is 4.20. The highest BCUT2D eigenvalue weighted by molar-refractivity contribution is 6.31. The molecule has 0 radical (unpaired) electrons. The number of nitrogens with zero attached hydrogens (tertiary/aromatic N) is 1. The van der Waals surface area contributed by atoms with Crippen LogP contribution in [0, 0.1) is 0 Å². The quantitative estimate of drug-likeness (QED) is 0.671. The lowest BCUT2D eigenvalue weighted by atomic mass is 9.95. The van der Waals surface area contributed by atoms with Gasteiger partial charge in [-0.1, -0.05) is 41.9 Å². The van der Waals surface area contributed by atoms with Crippen molar-refractivity contribution in [3.8, 4) is 5.75 Å². The number of hydrogen-bond acceptors (Lipinski definition) is 5. The largest absolute Gasteiger partial charge is 0.497 e. The fraction of sp³-hybridized carbons (Fsp3) is 0.227. The van der Waals surface area contributed by atoms with Crippen LogP contribution in [0.2, 0.25) is 5.02 Å². The number of hydrogen-bond donors (Lipinski definition) is 2. The summed E-state index contributed by atoms with van der Waals surface area (Å²) in [6.45, 7) is -0.0249. The molecule has 31 heavy (non-hydrogen) atoms. The maximum Gasteiger partial charge on any atom is 0.338 e. The molecule has 2 aromatic rings. The summed E-state index contributed by atoms with van der Waals surface area (Å²) >= 11 is 6.27. The smallest absolute Gasteiger partial charge is 0.338 e. The number of urea groups is 1. The lowest BCUT2D eigenvalue weighted by Gasteiger charge is -2.32. The van der Waals surface area contributed by atoms with Crippen molar-refractivity contribution >= 4 is 29.5 Å². The molecule has 1 unspecified atom stereocenters. The summed E-state index contributed by atoms with van der Waals surface area (Å²) in [5.74, 6) is -0.185. The number of rotatable bonds is 6. The van der Waals surface area contributed by atoms with Gasteiger partial charge < -0.3 is 20.1 Å². The molecule has 160 valence electrons. The van der Waals surface area contributed by atoms with Crippen LogP contribution in [0.5, 0.6) is 5.75 Å². The van der Waals surface area contributed by atoms with E-state index in [1.165, 1.54) is 4.90 Å². The topological polar surface area (TPSA) is 97.0 Å². The second-order valence-electron chi connectivity index (χ2n) is 7.05. The molecule has 3 amide bonds. The SMILES string of the molecule is COc1ccc(CNC(=O)CN2C(=O)NC(c3ccccc3Cl)C3=C2COC3=O)cc1. The Bertz CT molecular complexity index is 1070. The molecule has 1 atom stereocenters. The number of esters is 1. The van der Waals surface area contributed by atoms with Gasteiger partial charge in [0.15, 0.2) is 0 Å². The van der Waals surface area contributed by atoms with Gasteiger partial charge in [-0.3, -0.25) is 9.69 Å². The van der Waals surface area contributed by atoms with Crippen molar-refractivity contribution in [1.29, 1.82) is 0 Å². The molecule has 4 rings (SSSR count). The van der Waals surface area contributed by atoms with Crippen molar-refractivity contribution in [3.05, 3.63) is 76.0 Å². The molecule has 9 heteroatoms. The van der Waals surface area contributed by atoms with Gasteiger partial charge in [-0.05, 0) is 29.3 Å². The molecule has 0 spiro atoms. The Kier molecular flexibility index (Phi) is 5.81. The molecule has 0 fully saturated rings. The summed E-state index contributed by atoms with van der Waals surface area (Å²) in [5, 5.41) is 5.97. The van der Waals surface area contributed by atoms with E-state index in [-0.39, 0.29) is 24.6 Å². The summed E-state index contributed by atoms with van der Waals surface area (Å²) < 4.78 is 10.3. The Morgan fingerprint density at radius 2 is 1.97 bits per heavy atom. The van der Waals surface area contributed by atoms with Crippen LogP contribution in [0.25, 0.3) is 0 Å². The number of nitrogens with one attached hydrogen (secondary N) is 2. The Morgan fingerprint density at radius 1 is 1.23 bits per heavy atom. The Hall–Kier alpha value is -3.52. The lowest BCUT2D eigenvalue weighted by molar-refractivity contribution is -0.136. The average Bonchev–Trinajstić information content (AvgIpc) is 3.16. The lowest BCUT2D eigenvalue weighted by Crippen LogP contribution is -2.50. The van der Waals surface area contributed by atoms with E-state index in [4.69, 9.17) is 21.1 Å². The molecule has 8 nitrogen and oxygen atoms in total. The fourth-order valence-corrected chi connectivity index (χ4v) is 3.81. The van der Waals surface area contributed by atoms with Crippen molar-refractivity contribution in [2.24, 2.45) is 0 Å². The van der Waals surface area contributed by atoms with Crippen LogP contribution in [-0.4, -0.2) is 43.1 Å². The normalized spacial score (nSPS) is 17.7. The molecule has 0 bridgehead atoms. The third-order valence-electron chi connectivity index (χ3n) is 5.16. The molecule has 2 aliphatic heterocycles. The van der Waals surface area contributed by atoms with E-state index in [9.17, 15) is 14.4 Å². The van der Waals surface area contributed by atoms with Crippen LogP contribution < -0.4 is 15.4 Å². The summed E-state index contributed by atoms with van der Waals surface area (Å²) in [4.78, 5) is 38.9. The number of halogens is 1. The van der Waals surface area contributed by atoms with Crippen molar-refractivity contribution in [1.82, 2.24) is 15.5 Å². The third-order valence-corrected chi connectivity index (χ3v) is 5.51. The number of methoxy groups -OCH3 is 1. The van der Waals surface area contributed by atoms with Gasteiger partial charge in [0, 0.05) is 11.6 Å². The molecule has 2 N–H and O–H groups in total. The first kappa shape index (κ1) is 20.7. The van der Waals surface area contributed by atoms with Gasteiger partial charge in [0.2, 0.25) is 5.91 Å². The van der Waals surface area contributed by atoms with Gasteiger partial charge in [0.1, 0.15) is 18.9 Å². The second-order valence-corrected chi connectivity index (χ2v) is 7.46. The number of amides is 3. The van der Waals surface area contributed by atoms with Crippen LogP contribution >= 0.6 is 11.6 Å². The first-order valence-electron chi connectivity index (χ1n) is 9.60. The maximum absolute atomic E-state index is 12.8. The monoisotopic (exact) mass is 441 g/mol. The minimum Gasteiger partial charge on any atom is -0.497 e. The highest BCUT2D eigenvalue weighted by Crippen LogP contribution is 2.37. The molecule has 0 aliphatic carbocycles. The van der Waals surface area contributed by atoms with E-state index < -0.39 is 18.0 Å². The zero-order chi connectivity index (χ0) is 22.0. The predicted molar refractivity (Wildman–Crippen MR) is 112 cm³/mol. The first-order chi connectivity index (χ1) is 15.0. The number of benzene rings is 2. The van der Waals surface area contributed by atoms with Crippen LogP contribution in [0.4, 0.5) is 4.79 Å². The summed E-state index contributed by atoms with van der Waals surface area (Å²) in [5.41, 5.74) is 2.14. The maximum atomic E-state index is 12.8. The van der Waals surface area contributed by atoms with Gasteiger partial charge in [-0.15, -0.1) is 0 Å². The molecular weight excluding hydrogens is 422 g/mol. The number of carbonyl (C=O) groups excluding carboxylic acids is 3. The summed E-state index contributed by atoms with van der Waals surface area (Å²) in [6.07, 6.45) is 0. The van der Waals surface area contributed by atoms with Gasteiger partial charge in [-0.2, -0.15) is 0 Å². The number of carbonyl (C=O) groups is 3. The van der Waals surface area contributed by atoms with E-state index in [1.54, 1.807) is 43.5 Å². The van der Waals surface area contributed by atoms with Crippen LogP contribution in [0.3, 0.4) is 0 Å². The van der Waals surface area contributed by atoms with E-state index >= 15 is 0 Å². The highest BCUT2D eigenvalue weighted by Gasteiger charge is 2.43. The minimum absolute atomic E-state index is 0.0751. The molecule has 2 aromatic carbocycles. The van der Waals surface area contributed by atoms with Crippen molar-refractivity contribution in [2.45, 2.75) is 12.6 Å². The zero-order valence-electron chi connectivity index (χ0n) is 16.7. The first-order valence-corrected chi connectivity index (χ1v) is 9.98. The zero-order valence-corrected chi connectivity index (χ0v) is 17.4. The predicted octanol–water partition coefficient (Wildman–Crippen LogP) is 2.54. The van der Waals surface area contributed by atoms with E-state index in [0.29, 0.717) is 22.8 Å². The number of cyclic esters (lactones) is 1. The minimum atomic E-state index is -0.732. The fourth-order valence-electron chi connectivity index (χ4n) is 3.56. The van der Waals surface area contributed by atoms with E-state index in [0.717, 1.165) is 11.3 Å². The Balaban J connectivity index is 1.50. The Labute approximate surface area is 183 Å². The van der Waals surface area contributed by atoms with Gasteiger partial charge >= 0.3 is 12.0 Å². The van der Waals surface area contributed by atoms with Gasteiger partial charge in [0.25, 0.3) is 0 Å². The summed E-state index contributed by atoms with van der Waals surface area (Å²) in [6, 6.07) is 13.0. The molecule has 2 heterocycles. The number of ether oxygens (including phenoxy) is 2. The molecular formula is C22H20ClN3O5. The summed E-state index contributed by atoms with van der Waals surface area (Å²) in [7, 11) is 1.58. The van der Waals surface area contributed by atoms with Gasteiger partial charge in [-0.25, -0.2) is 9.59 Å². The average molecular weight is 442 g/mol. The van der Waals surface area contributed by atoms with Gasteiger partial charge in [0.05, 0.1) is 24.4 Å². The Morgan fingerprint density at radius 3 is 2.68 bits per heavy atom. The standard InChI is InChI=1S/C22H20ClN3O5/c1-30-14-8-6-13(7-9-14)10-24-18(27)11-26-17-12-31-21(28)19(17)20(25-22(26)29)15-4-2-3-5-16(15)23/h2-9,20H,10-12H2,1H3,(H,24,27)(H,25,29). The van der Waals surface area contributed by atoms with Crippen LogP contribution in [0.15, 0.2) is 59.8 Å². The highest BCUT2D eigenvalue weighted by atomic mass is 35.5.